The average Bonchev–Trinajstić information content (AvgIpc) is 2.58. The third-order valence-electron chi connectivity index (χ3n) is 4.22. The summed E-state index contributed by atoms with van der Waals surface area (Å²) in [6, 6.07) is 11.1. The van der Waals surface area contributed by atoms with E-state index in [0.29, 0.717) is 38.4 Å². The molecule has 24 heavy (non-hydrogen) atoms. The van der Waals surface area contributed by atoms with Gasteiger partial charge in [-0.25, -0.2) is 13.6 Å². The zero-order valence-corrected chi connectivity index (χ0v) is 13.1. The van der Waals surface area contributed by atoms with Crippen molar-refractivity contribution in [3.05, 3.63) is 65.2 Å². The Labute approximate surface area is 138 Å². The highest BCUT2D eigenvalue weighted by Crippen LogP contribution is 2.23. The number of benzene rings is 2. The Hall–Kier alpha value is -2.47. The highest BCUT2D eigenvalue weighted by molar-refractivity contribution is 5.87. The first-order valence-electron chi connectivity index (χ1n) is 7.78. The summed E-state index contributed by atoms with van der Waals surface area (Å²) in [6.07, 6.45) is 0. The number of carboxylic acid groups (broad SMARTS) is 1. The van der Waals surface area contributed by atoms with Gasteiger partial charge >= 0.3 is 5.97 Å². The number of carbonyl (C=O) groups is 1. The molecule has 0 saturated carbocycles. The standard InChI is InChI=1S/C18H18F2N2O2/c19-15-5-2-6-16(17(15)20)22-9-7-21(8-10-22)12-13-3-1-4-14(11-13)18(23)24/h1-6,11H,7-10,12H2,(H,23,24). The van der Waals surface area contributed by atoms with E-state index in [9.17, 15) is 13.6 Å². The van der Waals surface area contributed by atoms with E-state index in [2.05, 4.69) is 4.90 Å². The predicted molar refractivity (Wildman–Crippen MR) is 87.2 cm³/mol. The van der Waals surface area contributed by atoms with Crippen molar-refractivity contribution >= 4 is 11.7 Å². The smallest absolute Gasteiger partial charge is 0.335 e. The minimum Gasteiger partial charge on any atom is -0.478 e. The lowest BCUT2D eigenvalue weighted by molar-refractivity contribution is 0.0696. The number of hydrogen-bond donors (Lipinski definition) is 1. The Morgan fingerprint density at radius 2 is 1.75 bits per heavy atom. The molecule has 126 valence electrons. The van der Waals surface area contributed by atoms with Crippen molar-refractivity contribution < 1.29 is 18.7 Å². The lowest BCUT2D eigenvalue weighted by Gasteiger charge is -2.36. The Bertz CT molecular complexity index is 744. The number of rotatable bonds is 4. The van der Waals surface area contributed by atoms with Crippen LogP contribution < -0.4 is 4.90 Å². The van der Waals surface area contributed by atoms with Gasteiger partial charge < -0.3 is 10.0 Å². The second-order valence-electron chi connectivity index (χ2n) is 5.84. The van der Waals surface area contributed by atoms with Crippen LogP contribution in [0.1, 0.15) is 15.9 Å². The van der Waals surface area contributed by atoms with Crippen LogP contribution in [0.25, 0.3) is 0 Å². The van der Waals surface area contributed by atoms with E-state index in [1.165, 1.54) is 6.07 Å². The molecule has 3 rings (SSSR count). The van der Waals surface area contributed by atoms with Crippen molar-refractivity contribution in [2.24, 2.45) is 0 Å². The Balaban J connectivity index is 1.62. The molecule has 2 aromatic carbocycles. The van der Waals surface area contributed by atoms with Gasteiger partial charge in [0.2, 0.25) is 0 Å². The molecule has 1 aliphatic heterocycles. The molecule has 1 aliphatic rings. The van der Waals surface area contributed by atoms with E-state index in [4.69, 9.17) is 5.11 Å². The van der Waals surface area contributed by atoms with Crippen molar-refractivity contribution in [3.8, 4) is 0 Å². The van der Waals surface area contributed by atoms with Gasteiger partial charge in [0, 0.05) is 32.7 Å². The number of aromatic carboxylic acids is 1. The quantitative estimate of drug-likeness (QED) is 0.935. The highest BCUT2D eigenvalue weighted by atomic mass is 19.2. The molecule has 2 aromatic rings. The monoisotopic (exact) mass is 332 g/mol. The minimum absolute atomic E-state index is 0.271. The Morgan fingerprint density at radius 1 is 1.04 bits per heavy atom. The molecular formula is C18H18F2N2O2. The van der Waals surface area contributed by atoms with Crippen LogP contribution in [0, 0.1) is 11.6 Å². The van der Waals surface area contributed by atoms with E-state index in [-0.39, 0.29) is 5.56 Å². The van der Waals surface area contributed by atoms with E-state index < -0.39 is 17.6 Å². The zero-order chi connectivity index (χ0) is 17.1. The predicted octanol–water partition coefficient (Wildman–Crippen LogP) is 2.99. The molecule has 4 nitrogen and oxygen atoms in total. The van der Waals surface area contributed by atoms with Gasteiger partial charge in [0.15, 0.2) is 11.6 Å². The molecule has 1 heterocycles. The molecule has 1 fully saturated rings. The van der Waals surface area contributed by atoms with Gasteiger partial charge in [-0.15, -0.1) is 0 Å². The number of halogens is 2. The van der Waals surface area contributed by atoms with Gasteiger partial charge in [-0.05, 0) is 29.8 Å². The SMILES string of the molecule is O=C(O)c1cccc(CN2CCN(c3cccc(F)c3F)CC2)c1. The average molecular weight is 332 g/mol. The third-order valence-corrected chi connectivity index (χ3v) is 4.22. The minimum atomic E-state index is -0.941. The number of hydrogen-bond acceptors (Lipinski definition) is 3. The molecule has 0 spiro atoms. The van der Waals surface area contributed by atoms with Crippen LogP contribution in [0.15, 0.2) is 42.5 Å². The fourth-order valence-electron chi connectivity index (χ4n) is 2.94. The van der Waals surface area contributed by atoms with Gasteiger partial charge in [-0.2, -0.15) is 0 Å². The van der Waals surface area contributed by atoms with Crippen LogP contribution in [0.3, 0.4) is 0 Å². The van der Waals surface area contributed by atoms with Crippen LogP contribution >= 0.6 is 0 Å². The number of carboxylic acids is 1. The maximum atomic E-state index is 13.9. The summed E-state index contributed by atoms with van der Waals surface area (Å²) in [6.45, 7) is 3.24. The highest BCUT2D eigenvalue weighted by Gasteiger charge is 2.21. The molecule has 0 aliphatic carbocycles. The van der Waals surface area contributed by atoms with E-state index >= 15 is 0 Å². The van der Waals surface area contributed by atoms with Crippen molar-refractivity contribution in [1.82, 2.24) is 4.90 Å². The van der Waals surface area contributed by atoms with E-state index in [1.54, 1.807) is 24.3 Å². The van der Waals surface area contributed by atoms with Gasteiger partial charge in [0.25, 0.3) is 0 Å². The van der Waals surface area contributed by atoms with Crippen LogP contribution in [-0.2, 0) is 6.54 Å². The first-order chi connectivity index (χ1) is 11.5. The summed E-state index contributed by atoms with van der Waals surface area (Å²) in [5.41, 5.74) is 1.50. The van der Waals surface area contributed by atoms with E-state index in [0.717, 1.165) is 11.6 Å². The maximum Gasteiger partial charge on any atom is 0.335 e. The lowest BCUT2D eigenvalue weighted by atomic mass is 10.1. The van der Waals surface area contributed by atoms with Crippen LogP contribution in [0.2, 0.25) is 0 Å². The largest absolute Gasteiger partial charge is 0.478 e. The maximum absolute atomic E-state index is 13.9. The molecule has 1 saturated heterocycles. The molecule has 0 bridgehead atoms. The summed E-state index contributed by atoms with van der Waals surface area (Å²) >= 11 is 0. The third kappa shape index (κ3) is 3.54. The first kappa shape index (κ1) is 16.4. The zero-order valence-electron chi connectivity index (χ0n) is 13.1. The fraction of sp³-hybridized carbons (Fsp3) is 0.278. The van der Waals surface area contributed by atoms with Gasteiger partial charge in [0.1, 0.15) is 0 Å². The van der Waals surface area contributed by atoms with Crippen molar-refractivity contribution in [1.29, 1.82) is 0 Å². The lowest BCUT2D eigenvalue weighted by Crippen LogP contribution is -2.46. The summed E-state index contributed by atoms with van der Waals surface area (Å²) in [5, 5.41) is 9.04. The first-order valence-corrected chi connectivity index (χ1v) is 7.78. The van der Waals surface area contributed by atoms with Gasteiger partial charge in [-0.3, -0.25) is 4.90 Å². The number of anilines is 1. The summed E-state index contributed by atoms with van der Waals surface area (Å²) in [5.74, 6) is -2.58. The number of nitrogens with zero attached hydrogens (tertiary/aromatic N) is 2. The number of piperazine rings is 1. The molecule has 0 amide bonds. The fourth-order valence-corrected chi connectivity index (χ4v) is 2.94. The second kappa shape index (κ2) is 6.97. The summed E-state index contributed by atoms with van der Waals surface area (Å²) < 4.78 is 27.2. The molecule has 0 aromatic heterocycles. The van der Waals surface area contributed by atoms with Gasteiger partial charge in [0.05, 0.1) is 11.3 Å². The Morgan fingerprint density at radius 3 is 2.46 bits per heavy atom. The van der Waals surface area contributed by atoms with Crippen LogP contribution in [-0.4, -0.2) is 42.2 Å². The molecule has 0 unspecified atom stereocenters. The van der Waals surface area contributed by atoms with Crippen molar-refractivity contribution in [3.63, 3.8) is 0 Å². The molecular weight excluding hydrogens is 314 g/mol. The van der Waals surface area contributed by atoms with Crippen LogP contribution in [0.4, 0.5) is 14.5 Å². The van der Waals surface area contributed by atoms with Crippen LogP contribution in [0.5, 0.6) is 0 Å². The normalized spacial score (nSPS) is 15.5. The topological polar surface area (TPSA) is 43.8 Å². The second-order valence-corrected chi connectivity index (χ2v) is 5.84. The van der Waals surface area contributed by atoms with E-state index in [1.807, 2.05) is 11.0 Å². The van der Waals surface area contributed by atoms with Gasteiger partial charge in [-0.1, -0.05) is 18.2 Å². The van der Waals surface area contributed by atoms with Crippen molar-refractivity contribution in [2.45, 2.75) is 6.54 Å². The summed E-state index contributed by atoms with van der Waals surface area (Å²) in [7, 11) is 0. The Kier molecular flexibility index (Phi) is 4.76. The molecule has 6 heteroatoms. The molecule has 1 N–H and O–H groups in total. The molecule has 0 atom stereocenters. The van der Waals surface area contributed by atoms with Crippen molar-refractivity contribution in [2.75, 3.05) is 31.1 Å². The summed E-state index contributed by atoms with van der Waals surface area (Å²) in [4.78, 5) is 15.0. The molecule has 0 radical (unpaired) electrons.